The van der Waals surface area contributed by atoms with Crippen LogP contribution in [-0.4, -0.2) is 17.4 Å². The van der Waals surface area contributed by atoms with Gasteiger partial charge in [-0.3, -0.25) is 4.79 Å². The van der Waals surface area contributed by atoms with Gasteiger partial charge in [0.2, 0.25) is 0 Å². The summed E-state index contributed by atoms with van der Waals surface area (Å²) in [6.45, 7) is 2.00. The Bertz CT molecular complexity index is 810. The van der Waals surface area contributed by atoms with Gasteiger partial charge in [0.25, 0.3) is 5.91 Å². The van der Waals surface area contributed by atoms with Gasteiger partial charge in [-0.05, 0) is 25.3 Å². The maximum atomic E-state index is 13.3. The van der Waals surface area contributed by atoms with Crippen LogP contribution in [0.25, 0.3) is 10.2 Å². The molecule has 1 saturated carbocycles. The van der Waals surface area contributed by atoms with E-state index in [2.05, 4.69) is 10.3 Å². The van der Waals surface area contributed by atoms with E-state index in [0.717, 1.165) is 23.8 Å². The van der Waals surface area contributed by atoms with Crippen LogP contribution in [0.15, 0.2) is 6.07 Å². The minimum Gasteiger partial charge on any atom is -0.397 e. The Morgan fingerprint density at radius 3 is 2.69 bits per heavy atom. The quantitative estimate of drug-likeness (QED) is 0.786. The Hall–Kier alpha value is -1.83. The molecule has 26 heavy (non-hydrogen) atoms. The summed E-state index contributed by atoms with van der Waals surface area (Å²) in [4.78, 5) is 16.8. The predicted octanol–water partition coefficient (Wildman–Crippen LogP) is 4.91. The third-order valence-electron chi connectivity index (χ3n) is 4.90. The number of hydrogen-bond acceptors (Lipinski definition) is 4. The minimum atomic E-state index is -4.55. The summed E-state index contributed by atoms with van der Waals surface area (Å²) in [7, 11) is 0. The molecule has 2 heterocycles. The standard InChI is InChI=1S/C18H22F3N3OS/c1-10-9-12(18(19,20)21)13-14(22)15(26-17(13)24-10)16(25)23-8-7-11-5-3-2-4-6-11/h9,11H,2-8,22H2,1H3,(H,23,25). The van der Waals surface area contributed by atoms with Crippen molar-refractivity contribution < 1.29 is 18.0 Å². The number of halogens is 3. The van der Waals surface area contributed by atoms with E-state index in [0.29, 0.717) is 12.5 Å². The highest BCUT2D eigenvalue weighted by Gasteiger charge is 2.35. The van der Waals surface area contributed by atoms with Crippen molar-refractivity contribution in [3.63, 3.8) is 0 Å². The highest BCUT2D eigenvalue weighted by atomic mass is 32.1. The van der Waals surface area contributed by atoms with E-state index >= 15 is 0 Å². The van der Waals surface area contributed by atoms with Crippen LogP contribution in [0.1, 0.15) is 59.5 Å². The summed E-state index contributed by atoms with van der Waals surface area (Å²) in [5.74, 6) is 0.192. The number of thiophene rings is 1. The van der Waals surface area contributed by atoms with Crippen molar-refractivity contribution in [2.24, 2.45) is 5.92 Å². The lowest BCUT2D eigenvalue weighted by atomic mass is 9.87. The molecule has 1 aliphatic rings. The average Bonchev–Trinajstić information content (AvgIpc) is 2.91. The van der Waals surface area contributed by atoms with Crippen molar-refractivity contribution >= 4 is 33.1 Å². The molecule has 0 aliphatic heterocycles. The first-order valence-electron chi connectivity index (χ1n) is 8.82. The monoisotopic (exact) mass is 385 g/mol. The Labute approximate surface area is 154 Å². The van der Waals surface area contributed by atoms with E-state index in [9.17, 15) is 18.0 Å². The number of carbonyl (C=O) groups is 1. The fraction of sp³-hybridized carbons (Fsp3) is 0.556. The van der Waals surface area contributed by atoms with Crippen LogP contribution in [-0.2, 0) is 6.18 Å². The lowest BCUT2D eigenvalue weighted by Crippen LogP contribution is -2.26. The van der Waals surface area contributed by atoms with Gasteiger partial charge in [-0.15, -0.1) is 11.3 Å². The van der Waals surface area contributed by atoms with Gasteiger partial charge in [-0.1, -0.05) is 32.1 Å². The normalized spacial score (nSPS) is 16.2. The van der Waals surface area contributed by atoms with Crippen LogP contribution in [0.4, 0.5) is 18.9 Å². The number of nitrogen functional groups attached to an aromatic ring is 1. The predicted molar refractivity (Wildman–Crippen MR) is 97.3 cm³/mol. The molecule has 142 valence electrons. The highest BCUT2D eigenvalue weighted by Crippen LogP contribution is 2.42. The maximum Gasteiger partial charge on any atom is 0.417 e. The Morgan fingerprint density at radius 1 is 1.35 bits per heavy atom. The van der Waals surface area contributed by atoms with Crippen LogP contribution in [0, 0.1) is 12.8 Å². The first-order chi connectivity index (χ1) is 12.3. The van der Waals surface area contributed by atoms with E-state index in [1.54, 1.807) is 0 Å². The molecule has 3 N–H and O–H groups in total. The molecule has 2 aromatic rings. The highest BCUT2D eigenvalue weighted by molar-refractivity contribution is 7.21. The van der Waals surface area contributed by atoms with Crippen LogP contribution < -0.4 is 11.1 Å². The second-order valence-corrected chi connectivity index (χ2v) is 7.88. The van der Waals surface area contributed by atoms with Crippen LogP contribution in [0.2, 0.25) is 0 Å². The first kappa shape index (κ1) is 18.9. The van der Waals surface area contributed by atoms with Crippen molar-refractivity contribution in [1.29, 1.82) is 0 Å². The molecule has 0 aromatic carbocycles. The fourth-order valence-corrected chi connectivity index (χ4v) is 4.66. The van der Waals surface area contributed by atoms with Gasteiger partial charge >= 0.3 is 6.18 Å². The molecule has 2 aromatic heterocycles. The third-order valence-corrected chi connectivity index (χ3v) is 6.00. The summed E-state index contributed by atoms with van der Waals surface area (Å²) in [5.41, 5.74) is 5.18. The van der Waals surface area contributed by atoms with Crippen molar-refractivity contribution in [1.82, 2.24) is 10.3 Å². The number of nitrogens with zero attached hydrogens (tertiary/aromatic N) is 1. The molecular formula is C18H22F3N3OS. The Balaban J connectivity index is 1.79. The van der Waals surface area contributed by atoms with Crippen molar-refractivity contribution in [2.75, 3.05) is 12.3 Å². The number of aromatic nitrogens is 1. The summed E-state index contributed by atoms with van der Waals surface area (Å²) < 4.78 is 40.0. The first-order valence-corrected chi connectivity index (χ1v) is 9.64. The smallest absolute Gasteiger partial charge is 0.397 e. The number of nitrogens with one attached hydrogen (secondary N) is 1. The number of amides is 1. The van der Waals surface area contributed by atoms with Gasteiger partial charge in [0.05, 0.1) is 11.3 Å². The molecule has 1 fully saturated rings. The third kappa shape index (κ3) is 3.95. The molecule has 8 heteroatoms. The van der Waals surface area contributed by atoms with Crippen LogP contribution >= 0.6 is 11.3 Å². The maximum absolute atomic E-state index is 13.3. The van der Waals surface area contributed by atoms with Gasteiger partial charge in [-0.25, -0.2) is 4.98 Å². The molecule has 1 amide bonds. The van der Waals surface area contributed by atoms with E-state index in [1.165, 1.54) is 39.0 Å². The molecular weight excluding hydrogens is 363 g/mol. The second-order valence-electron chi connectivity index (χ2n) is 6.88. The van der Waals surface area contributed by atoms with E-state index in [1.807, 2.05) is 0 Å². The van der Waals surface area contributed by atoms with E-state index in [-0.39, 0.29) is 26.5 Å². The lowest BCUT2D eigenvalue weighted by molar-refractivity contribution is -0.136. The zero-order valence-electron chi connectivity index (χ0n) is 14.6. The van der Waals surface area contributed by atoms with Crippen molar-refractivity contribution in [3.8, 4) is 0 Å². The molecule has 0 radical (unpaired) electrons. The largest absolute Gasteiger partial charge is 0.417 e. The number of hydrogen-bond donors (Lipinski definition) is 2. The topological polar surface area (TPSA) is 68.0 Å². The molecule has 4 nitrogen and oxygen atoms in total. The number of fused-ring (bicyclic) bond motifs is 1. The van der Waals surface area contributed by atoms with Gasteiger partial charge in [0, 0.05) is 17.6 Å². The molecule has 0 unspecified atom stereocenters. The fourth-order valence-electron chi connectivity index (χ4n) is 3.58. The number of nitrogens with two attached hydrogens (primary N) is 1. The van der Waals surface area contributed by atoms with Gasteiger partial charge in [0.1, 0.15) is 9.71 Å². The molecule has 0 bridgehead atoms. The molecule has 0 spiro atoms. The summed E-state index contributed by atoms with van der Waals surface area (Å²) >= 11 is 0.914. The average molecular weight is 385 g/mol. The Kier molecular flexibility index (Phi) is 5.41. The van der Waals surface area contributed by atoms with Crippen LogP contribution in [0.3, 0.4) is 0 Å². The minimum absolute atomic E-state index is 0.104. The zero-order valence-corrected chi connectivity index (χ0v) is 15.4. The number of rotatable bonds is 4. The van der Waals surface area contributed by atoms with Gasteiger partial charge < -0.3 is 11.1 Å². The molecule has 0 saturated heterocycles. The summed E-state index contributed by atoms with van der Waals surface area (Å²) in [6, 6.07) is 0.968. The lowest BCUT2D eigenvalue weighted by Gasteiger charge is -2.21. The SMILES string of the molecule is Cc1cc(C(F)(F)F)c2c(N)c(C(=O)NCCC3CCCCC3)sc2n1. The number of alkyl halides is 3. The Morgan fingerprint density at radius 2 is 2.04 bits per heavy atom. The zero-order chi connectivity index (χ0) is 18.9. The van der Waals surface area contributed by atoms with E-state index in [4.69, 9.17) is 5.73 Å². The number of aryl methyl sites for hydroxylation is 1. The van der Waals surface area contributed by atoms with Crippen molar-refractivity contribution in [2.45, 2.75) is 51.6 Å². The summed E-state index contributed by atoms with van der Waals surface area (Å²) in [5, 5.41) is 2.63. The molecule has 3 rings (SSSR count). The molecule has 1 aliphatic carbocycles. The second kappa shape index (κ2) is 7.42. The van der Waals surface area contributed by atoms with Crippen LogP contribution in [0.5, 0.6) is 0 Å². The van der Waals surface area contributed by atoms with Crippen molar-refractivity contribution in [3.05, 3.63) is 22.2 Å². The van der Waals surface area contributed by atoms with Gasteiger partial charge in [-0.2, -0.15) is 13.2 Å². The van der Waals surface area contributed by atoms with Gasteiger partial charge in [0.15, 0.2) is 0 Å². The number of anilines is 1. The summed E-state index contributed by atoms with van der Waals surface area (Å²) in [6.07, 6.45) is 2.44. The molecule has 0 atom stereocenters. The van der Waals surface area contributed by atoms with E-state index < -0.39 is 17.6 Å². The number of carbonyl (C=O) groups excluding carboxylic acids is 1. The number of pyridine rings is 1.